The number of hydrogen-bond donors (Lipinski definition) is 1. The molecular weight excluding hydrogens is 218 g/mol. The molecule has 90 valence electrons. The Morgan fingerprint density at radius 3 is 3.12 bits per heavy atom. The van der Waals surface area contributed by atoms with Crippen molar-refractivity contribution in [2.75, 3.05) is 11.5 Å². The van der Waals surface area contributed by atoms with E-state index in [9.17, 15) is 0 Å². The third kappa shape index (κ3) is 3.25. The van der Waals surface area contributed by atoms with E-state index in [1.807, 2.05) is 10.9 Å². The van der Waals surface area contributed by atoms with Crippen molar-refractivity contribution in [3.63, 3.8) is 0 Å². The number of hydrogen-bond acceptors (Lipinski definition) is 3. The molecule has 1 aliphatic rings. The predicted octanol–water partition coefficient (Wildman–Crippen LogP) is 2.45. The molecule has 1 atom stereocenters. The Hall–Kier alpha value is -0.480. The summed E-state index contributed by atoms with van der Waals surface area (Å²) >= 11 is 2.06. The standard InChI is InChI=1S/C12H21N3S/c1-10(2)15-8-11(7-14-15)6-13-12-4-3-5-16-9-12/h7-8,10,12-13H,3-6,9H2,1-2H3. The van der Waals surface area contributed by atoms with Crippen LogP contribution in [0.5, 0.6) is 0 Å². The Morgan fingerprint density at radius 1 is 1.62 bits per heavy atom. The largest absolute Gasteiger partial charge is 0.309 e. The van der Waals surface area contributed by atoms with Crippen LogP contribution in [0.25, 0.3) is 0 Å². The van der Waals surface area contributed by atoms with Crippen LogP contribution in [-0.2, 0) is 6.54 Å². The van der Waals surface area contributed by atoms with E-state index in [1.54, 1.807) is 0 Å². The van der Waals surface area contributed by atoms with Crippen LogP contribution < -0.4 is 5.32 Å². The highest BCUT2D eigenvalue weighted by molar-refractivity contribution is 7.99. The molecular formula is C12H21N3S. The van der Waals surface area contributed by atoms with Crippen molar-refractivity contribution in [2.24, 2.45) is 0 Å². The van der Waals surface area contributed by atoms with E-state index in [-0.39, 0.29) is 0 Å². The van der Waals surface area contributed by atoms with Gasteiger partial charge in [-0.2, -0.15) is 16.9 Å². The molecule has 1 aliphatic heterocycles. The maximum absolute atomic E-state index is 4.35. The summed E-state index contributed by atoms with van der Waals surface area (Å²) in [6, 6.07) is 1.15. The van der Waals surface area contributed by atoms with Gasteiger partial charge in [0.15, 0.2) is 0 Å². The van der Waals surface area contributed by atoms with Crippen LogP contribution in [0.1, 0.15) is 38.3 Å². The van der Waals surface area contributed by atoms with Crippen molar-refractivity contribution in [2.45, 2.75) is 45.3 Å². The van der Waals surface area contributed by atoms with Gasteiger partial charge in [0.2, 0.25) is 0 Å². The van der Waals surface area contributed by atoms with Gasteiger partial charge in [-0.3, -0.25) is 4.68 Å². The SMILES string of the molecule is CC(C)n1cc(CNC2CCCSC2)cn1. The van der Waals surface area contributed by atoms with Gasteiger partial charge < -0.3 is 5.32 Å². The summed E-state index contributed by atoms with van der Waals surface area (Å²) in [5.41, 5.74) is 1.30. The van der Waals surface area contributed by atoms with Crippen LogP contribution in [0.4, 0.5) is 0 Å². The van der Waals surface area contributed by atoms with E-state index in [1.165, 1.54) is 29.9 Å². The van der Waals surface area contributed by atoms with E-state index in [4.69, 9.17) is 0 Å². The number of rotatable bonds is 4. The van der Waals surface area contributed by atoms with Crippen molar-refractivity contribution in [1.82, 2.24) is 15.1 Å². The molecule has 1 fully saturated rings. The molecule has 2 rings (SSSR count). The highest BCUT2D eigenvalue weighted by Crippen LogP contribution is 2.17. The smallest absolute Gasteiger partial charge is 0.0534 e. The van der Waals surface area contributed by atoms with Crippen molar-refractivity contribution in [3.05, 3.63) is 18.0 Å². The summed E-state index contributed by atoms with van der Waals surface area (Å²) < 4.78 is 2.02. The second-order valence-corrected chi connectivity index (χ2v) is 5.87. The molecule has 1 aromatic rings. The number of nitrogens with zero attached hydrogens (tertiary/aromatic N) is 2. The number of nitrogens with one attached hydrogen (secondary N) is 1. The maximum Gasteiger partial charge on any atom is 0.0534 e. The monoisotopic (exact) mass is 239 g/mol. The lowest BCUT2D eigenvalue weighted by Gasteiger charge is -2.22. The van der Waals surface area contributed by atoms with Crippen LogP contribution in [0.15, 0.2) is 12.4 Å². The van der Waals surface area contributed by atoms with E-state index < -0.39 is 0 Å². The second-order valence-electron chi connectivity index (χ2n) is 4.72. The molecule has 2 heterocycles. The Bertz CT molecular complexity index is 316. The lowest BCUT2D eigenvalue weighted by Crippen LogP contribution is -2.33. The first-order valence-electron chi connectivity index (χ1n) is 6.10. The molecule has 0 radical (unpaired) electrons. The van der Waals surface area contributed by atoms with E-state index in [0.29, 0.717) is 12.1 Å². The first-order chi connectivity index (χ1) is 7.75. The molecule has 0 aliphatic carbocycles. The molecule has 0 saturated carbocycles. The van der Waals surface area contributed by atoms with Crippen LogP contribution in [0.3, 0.4) is 0 Å². The first-order valence-corrected chi connectivity index (χ1v) is 7.25. The van der Waals surface area contributed by atoms with E-state index in [0.717, 1.165) is 6.54 Å². The summed E-state index contributed by atoms with van der Waals surface area (Å²) in [6.45, 7) is 5.27. The molecule has 1 saturated heterocycles. The topological polar surface area (TPSA) is 29.9 Å². The zero-order valence-corrected chi connectivity index (χ0v) is 11.0. The summed E-state index contributed by atoms with van der Waals surface area (Å²) in [6.07, 6.45) is 6.80. The van der Waals surface area contributed by atoms with Crippen LogP contribution in [-0.4, -0.2) is 27.3 Å². The van der Waals surface area contributed by atoms with Gasteiger partial charge in [0.05, 0.1) is 6.20 Å². The van der Waals surface area contributed by atoms with E-state index >= 15 is 0 Å². The Morgan fingerprint density at radius 2 is 2.50 bits per heavy atom. The molecule has 4 heteroatoms. The zero-order chi connectivity index (χ0) is 11.4. The fourth-order valence-electron chi connectivity index (χ4n) is 1.91. The van der Waals surface area contributed by atoms with Crippen molar-refractivity contribution in [3.8, 4) is 0 Å². The van der Waals surface area contributed by atoms with Crippen LogP contribution in [0, 0.1) is 0 Å². The lowest BCUT2D eigenvalue weighted by atomic mass is 10.2. The maximum atomic E-state index is 4.35. The van der Waals surface area contributed by atoms with Gasteiger partial charge in [-0.15, -0.1) is 0 Å². The quantitative estimate of drug-likeness (QED) is 0.875. The highest BCUT2D eigenvalue weighted by atomic mass is 32.2. The van der Waals surface area contributed by atoms with Crippen LogP contribution >= 0.6 is 11.8 Å². The summed E-state index contributed by atoms with van der Waals surface area (Å²) in [7, 11) is 0. The average molecular weight is 239 g/mol. The van der Waals surface area contributed by atoms with Gasteiger partial charge in [0.25, 0.3) is 0 Å². The summed E-state index contributed by atoms with van der Waals surface area (Å²) in [5.74, 6) is 2.60. The summed E-state index contributed by atoms with van der Waals surface area (Å²) in [5, 5.41) is 7.97. The van der Waals surface area contributed by atoms with Gasteiger partial charge in [-0.1, -0.05) is 0 Å². The molecule has 0 amide bonds. The van der Waals surface area contributed by atoms with Crippen molar-refractivity contribution in [1.29, 1.82) is 0 Å². The van der Waals surface area contributed by atoms with Gasteiger partial charge in [0.1, 0.15) is 0 Å². The summed E-state index contributed by atoms with van der Waals surface area (Å²) in [4.78, 5) is 0. The average Bonchev–Trinajstić information content (AvgIpc) is 2.76. The minimum absolute atomic E-state index is 0.457. The highest BCUT2D eigenvalue weighted by Gasteiger charge is 2.13. The predicted molar refractivity (Wildman–Crippen MR) is 69.8 cm³/mol. The third-order valence-corrected chi connectivity index (χ3v) is 4.15. The normalized spacial score (nSPS) is 21.6. The third-order valence-electron chi connectivity index (χ3n) is 2.94. The minimum Gasteiger partial charge on any atom is -0.309 e. The van der Waals surface area contributed by atoms with Crippen molar-refractivity contribution >= 4 is 11.8 Å². The van der Waals surface area contributed by atoms with Gasteiger partial charge in [0, 0.05) is 36.1 Å². The molecule has 1 unspecified atom stereocenters. The number of aromatic nitrogens is 2. The van der Waals surface area contributed by atoms with Crippen LogP contribution in [0.2, 0.25) is 0 Å². The van der Waals surface area contributed by atoms with E-state index in [2.05, 4.69) is 42.2 Å². The lowest BCUT2D eigenvalue weighted by molar-refractivity contribution is 0.505. The second kappa shape index (κ2) is 5.73. The molecule has 1 aromatic heterocycles. The Labute approximate surface area is 102 Å². The Kier molecular flexibility index (Phi) is 4.29. The molecule has 0 bridgehead atoms. The molecule has 0 aromatic carbocycles. The molecule has 0 spiro atoms. The molecule has 16 heavy (non-hydrogen) atoms. The fourth-order valence-corrected chi connectivity index (χ4v) is 3.02. The molecule has 1 N–H and O–H groups in total. The van der Waals surface area contributed by atoms with Gasteiger partial charge >= 0.3 is 0 Å². The fraction of sp³-hybridized carbons (Fsp3) is 0.750. The first kappa shape index (κ1) is 12.0. The molecule has 3 nitrogen and oxygen atoms in total. The Balaban J connectivity index is 1.79. The van der Waals surface area contributed by atoms with Gasteiger partial charge in [-0.25, -0.2) is 0 Å². The minimum atomic E-state index is 0.457. The van der Waals surface area contributed by atoms with Crippen molar-refractivity contribution < 1.29 is 0 Å². The zero-order valence-electron chi connectivity index (χ0n) is 10.1. The number of thioether (sulfide) groups is 1. The van der Waals surface area contributed by atoms with Gasteiger partial charge in [-0.05, 0) is 32.4 Å².